The number of ether oxygens (including phenoxy) is 2. The fourth-order valence-corrected chi connectivity index (χ4v) is 4.84. The highest BCUT2D eigenvalue weighted by Gasteiger charge is 2.28. The van der Waals surface area contributed by atoms with E-state index in [1.807, 2.05) is 19.1 Å². The number of fused-ring (bicyclic) bond motifs is 1. The van der Waals surface area contributed by atoms with Crippen molar-refractivity contribution in [3.8, 4) is 22.8 Å². The van der Waals surface area contributed by atoms with Crippen molar-refractivity contribution in [2.24, 2.45) is 0 Å². The standard InChI is InChI=1S/C28H21FN2O6S/c1-15-12-19(6-7-20(15)16(2)26-27(33)31-28(34)38-26)35-10-11-36-25-23(32)21-13-18(29)5-8-22(21)37-24(25)17-4-3-9-30-14-17/h3-9,12-14H,10-11H2,1-2H3,(H,31,33,34)/b26-16-. The average Bonchev–Trinajstić information content (AvgIpc) is 3.25. The van der Waals surface area contributed by atoms with Crippen molar-refractivity contribution >= 4 is 39.5 Å². The van der Waals surface area contributed by atoms with Crippen molar-refractivity contribution in [2.75, 3.05) is 13.2 Å². The molecule has 0 spiro atoms. The number of nitrogens with one attached hydrogen (secondary N) is 1. The van der Waals surface area contributed by atoms with Gasteiger partial charge in [-0.2, -0.15) is 0 Å². The molecule has 2 amide bonds. The Bertz CT molecular complexity index is 1670. The Balaban J connectivity index is 1.33. The summed E-state index contributed by atoms with van der Waals surface area (Å²) in [6.45, 7) is 3.79. The van der Waals surface area contributed by atoms with Crippen LogP contribution in [0.4, 0.5) is 9.18 Å². The SMILES string of the molecule is C/C(=C1/SC(=O)NC1=O)c1ccc(OCCOc2c(-c3cccnc3)oc3ccc(F)cc3c2=O)cc1C. The number of aromatic nitrogens is 1. The highest BCUT2D eigenvalue weighted by Crippen LogP contribution is 2.34. The zero-order valence-electron chi connectivity index (χ0n) is 20.4. The Morgan fingerprint density at radius 1 is 1.08 bits per heavy atom. The lowest BCUT2D eigenvalue weighted by molar-refractivity contribution is -0.115. The minimum atomic E-state index is -0.559. The molecule has 1 N–H and O–H groups in total. The van der Waals surface area contributed by atoms with E-state index in [4.69, 9.17) is 13.9 Å². The predicted octanol–water partition coefficient (Wildman–Crippen LogP) is 5.47. The van der Waals surface area contributed by atoms with Crippen LogP contribution in [-0.4, -0.2) is 29.3 Å². The summed E-state index contributed by atoms with van der Waals surface area (Å²) in [5, 5.41) is 1.94. The quantitative estimate of drug-likeness (QED) is 0.247. The van der Waals surface area contributed by atoms with Crippen LogP contribution in [0.3, 0.4) is 0 Å². The van der Waals surface area contributed by atoms with E-state index < -0.39 is 17.2 Å². The van der Waals surface area contributed by atoms with Gasteiger partial charge in [-0.3, -0.25) is 24.7 Å². The molecule has 4 aromatic rings. The molecule has 1 fully saturated rings. The monoisotopic (exact) mass is 532 g/mol. The number of carbonyl (C=O) groups is 2. The molecule has 0 aliphatic carbocycles. The molecule has 192 valence electrons. The van der Waals surface area contributed by atoms with Gasteiger partial charge in [0.05, 0.1) is 10.3 Å². The summed E-state index contributed by atoms with van der Waals surface area (Å²) in [4.78, 5) is 41.1. The Morgan fingerprint density at radius 3 is 2.61 bits per heavy atom. The van der Waals surface area contributed by atoms with Crippen LogP contribution in [0, 0.1) is 12.7 Å². The van der Waals surface area contributed by atoms with Gasteiger partial charge < -0.3 is 13.9 Å². The van der Waals surface area contributed by atoms with Crippen LogP contribution in [0.1, 0.15) is 18.1 Å². The van der Waals surface area contributed by atoms with Crippen molar-refractivity contribution in [3.63, 3.8) is 0 Å². The van der Waals surface area contributed by atoms with Crippen LogP contribution in [0.25, 0.3) is 27.9 Å². The number of rotatable bonds is 7. The number of hydrogen-bond donors (Lipinski definition) is 1. The first kappa shape index (κ1) is 25.2. The van der Waals surface area contributed by atoms with E-state index in [0.29, 0.717) is 21.8 Å². The van der Waals surface area contributed by atoms with Crippen LogP contribution < -0.4 is 20.2 Å². The van der Waals surface area contributed by atoms with Crippen LogP contribution >= 0.6 is 11.8 Å². The molecular weight excluding hydrogens is 511 g/mol. The van der Waals surface area contributed by atoms with Crippen molar-refractivity contribution in [2.45, 2.75) is 13.8 Å². The highest BCUT2D eigenvalue weighted by atomic mass is 32.2. The van der Waals surface area contributed by atoms with E-state index in [0.717, 1.165) is 29.0 Å². The van der Waals surface area contributed by atoms with E-state index in [9.17, 15) is 18.8 Å². The maximum Gasteiger partial charge on any atom is 0.290 e. The van der Waals surface area contributed by atoms with E-state index in [1.54, 1.807) is 37.5 Å². The molecule has 0 radical (unpaired) electrons. The second-order valence-corrected chi connectivity index (χ2v) is 9.43. The maximum absolute atomic E-state index is 13.8. The molecule has 0 saturated carbocycles. The number of pyridine rings is 1. The number of aryl methyl sites for hydroxylation is 1. The van der Waals surface area contributed by atoms with Gasteiger partial charge in [0.1, 0.15) is 30.4 Å². The molecule has 2 aromatic carbocycles. The third-order valence-electron chi connectivity index (χ3n) is 5.89. The topological polar surface area (TPSA) is 108 Å². The number of imide groups is 1. The van der Waals surface area contributed by atoms with Gasteiger partial charge in [-0.1, -0.05) is 6.07 Å². The fourth-order valence-electron chi connectivity index (χ4n) is 4.10. The molecule has 1 aliphatic heterocycles. The summed E-state index contributed by atoms with van der Waals surface area (Å²) in [6, 6.07) is 12.6. The van der Waals surface area contributed by atoms with Gasteiger partial charge in [0.2, 0.25) is 11.2 Å². The summed E-state index contributed by atoms with van der Waals surface area (Å²) in [5.41, 5.74) is 2.66. The lowest BCUT2D eigenvalue weighted by Gasteiger charge is -2.13. The molecule has 8 nitrogen and oxygen atoms in total. The Morgan fingerprint density at radius 2 is 1.89 bits per heavy atom. The molecule has 0 unspecified atom stereocenters. The average molecular weight is 533 g/mol. The molecule has 5 rings (SSSR count). The van der Waals surface area contributed by atoms with Gasteiger partial charge >= 0.3 is 0 Å². The lowest BCUT2D eigenvalue weighted by atomic mass is 10.0. The van der Waals surface area contributed by atoms with Gasteiger partial charge in [-0.15, -0.1) is 0 Å². The van der Waals surface area contributed by atoms with E-state index in [1.165, 1.54) is 12.1 Å². The Kier molecular flexibility index (Phi) is 6.97. The minimum Gasteiger partial charge on any atom is -0.490 e. The number of amides is 2. The second kappa shape index (κ2) is 10.5. The molecular formula is C28H21FN2O6S. The lowest BCUT2D eigenvalue weighted by Crippen LogP contribution is -2.18. The highest BCUT2D eigenvalue weighted by molar-refractivity contribution is 8.18. The van der Waals surface area contributed by atoms with Crippen LogP contribution in [-0.2, 0) is 4.79 Å². The van der Waals surface area contributed by atoms with Crippen LogP contribution in [0.2, 0.25) is 0 Å². The predicted molar refractivity (Wildman–Crippen MR) is 142 cm³/mol. The number of carbonyl (C=O) groups excluding carboxylic acids is 2. The zero-order valence-corrected chi connectivity index (χ0v) is 21.2. The van der Waals surface area contributed by atoms with Crippen LogP contribution in [0.15, 0.2) is 75.0 Å². The van der Waals surface area contributed by atoms with E-state index in [-0.39, 0.29) is 40.9 Å². The normalized spacial score (nSPS) is 14.5. The number of hydrogen-bond acceptors (Lipinski definition) is 8. The number of nitrogens with zero attached hydrogens (tertiary/aromatic N) is 1. The van der Waals surface area contributed by atoms with E-state index in [2.05, 4.69) is 10.3 Å². The third kappa shape index (κ3) is 5.03. The van der Waals surface area contributed by atoms with Crippen LogP contribution in [0.5, 0.6) is 11.5 Å². The van der Waals surface area contributed by atoms with Crippen molar-refractivity contribution in [1.82, 2.24) is 10.3 Å². The first-order chi connectivity index (χ1) is 18.3. The zero-order chi connectivity index (χ0) is 26.8. The summed E-state index contributed by atoms with van der Waals surface area (Å²) < 4.78 is 31.3. The largest absolute Gasteiger partial charge is 0.490 e. The number of benzene rings is 2. The Hall–Kier alpha value is -4.44. The molecule has 2 aromatic heterocycles. The smallest absolute Gasteiger partial charge is 0.290 e. The summed E-state index contributed by atoms with van der Waals surface area (Å²) in [5.74, 6) is -0.265. The molecule has 0 atom stereocenters. The van der Waals surface area contributed by atoms with Gasteiger partial charge in [0.15, 0.2) is 5.76 Å². The molecule has 0 bridgehead atoms. The van der Waals surface area contributed by atoms with Gasteiger partial charge in [-0.25, -0.2) is 4.39 Å². The first-order valence-corrected chi connectivity index (χ1v) is 12.4. The summed E-state index contributed by atoms with van der Waals surface area (Å²) in [6.07, 6.45) is 3.14. The summed E-state index contributed by atoms with van der Waals surface area (Å²) >= 11 is 0.881. The summed E-state index contributed by atoms with van der Waals surface area (Å²) in [7, 11) is 0. The molecule has 3 heterocycles. The number of thioether (sulfide) groups is 1. The fraction of sp³-hybridized carbons (Fsp3) is 0.143. The first-order valence-electron chi connectivity index (χ1n) is 11.6. The molecule has 1 saturated heterocycles. The molecule has 10 heteroatoms. The molecule has 38 heavy (non-hydrogen) atoms. The van der Waals surface area contributed by atoms with Crippen molar-refractivity contribution in [1.29, 1.82) is 0 Å². The maximum atomic E-state index is 13.8. The van der Waals surface area contributed by atoms with Crippen molar-refractivity contribution in [3.05, 3.63) is 93.0 Å². The Labute approximate surface area is 220 Å². The number of allylic oxidation sites excluding steroid dienone is 1. The van der Waals surface area contributed by atoms with Gasteiger partial charge in [0, 0.05) is 18.0 Å². The van der Waals surface area contributed by atoms with Gasteiger partial charge in [-0.05, 0) is 84.8 Å². The third-order valence-corrected chi connectivity index (χ3v) is 6.88. The van der Waals surface area contributed by atoms with E-state index >= 15 is 0 Å². The number of halogens is 1. The molecule has 1 aliphatic rings. The van der Waals surface area contributed by atoms with Crippen molar-refractivity contribution < 1.29 is 27.9 Å². The second-order valence-electron chi connectivity index (χ2n) is 8.44. The van der Waals surface area contributed by atoms with Gasteiger partial charge in [0.25, 0.3) is 11.1 Å². The minimum absolute atomic E-state index is 0.0155.